The molecule has 0 spiro atoms. The predicted molar refractivity (Wildman–Crippen MR) is 40.8 cm³/mol. The Morgan fingerprint density at radius 2 is 2.20 bits per heavy atom. The van der Waals surface area contributed by atoms with Crippen molar-refractivity contribution in [3.63, 3.8) is 0 Å². The van der Waals surface area contributed by atoms with Crippen LogP contribution in [-0.4, -0.2) is 16.7 Å². The van der Waals surface area contributed by atoms with E-state index in [0.717, 1.165) is 17.8 Å². The number of aryl methyl sites for hydroxylation is 2. The van der Waals surface area contributed by atoms with E-state index in [1.165, 1.54) is 5.56 Å². The number of nitrogens with zero attached hydrogens (tertiary/aromatic N) is 1. The van der Waals surface area contributed by atoms with Gasteiger partial charge >= 0.3 is 0 Å². The van der Waals surface area contributed by atoms with Crippen molar-refractivity contribution < 1.29 is 0 Å². The largest absolute Gasteiger partial charge is 0.330 e. The summed E-state index contributed by atoms with van der Waals surface area (Å²) in [6, 6.07) is 0. The van der Waals surface area contributed by atoms with Gasteiger partial charge in [-0.05, 0) is 32.4 Å². The summed E-state index contributed by atoms with van der Waals surface area (Å²) >= 11 is 0. The minimum atomic E-state index is 0.696. The molecule has 3 heteroatoms. The summed E-state index contributed by atoms with van der Waals surface area (Å²) in [5, 5.41) is 6.97. The Bertz CT molecular complexity index is 195. The molecule has 0 amide bonds. The van der Waals surface area contributed by atoms with Gasteiger partial charge in [-0.2, -0.15) is 5.10 Å². The van der Waals surface area contributed by atoms with E-state index >= 15 is 0 Å². The summed E-state index contributed by atoms with van der Waals surface area (Å²) in [5.41, 5.74) is 8.90. The average molecular weight is 139 g/mol. The minimum absolute atomic E-state index is 0.696. The second-order valence-electron chi connectivity index (χ2n) is 2.45. The maximum Gasteiger partial charge on any atom is 0.0626 e. The zero-order chi connectivity index (χ0) is 7.56. The maximum atomic E-state index is 5.42. The highest BCUT2D eigenvalue weighted by atomic mass is 15.1. The van der Waals surface area contributed by atoms with Crippen molar-refractivity contribution in [2.45, 2.75) is 20.3 Å². The SMILES string of the molecule is Cc1n[nH]c(C)c1CCN. The normalized spacial score (nSPS) is 10.3. The van der Waals surface area contributed by atoms with Crippen molar-refractivity contribution >= 4 is 0 Å². The van der Waals surface area contributed by atoms with Gasteiger partial charge in [-0.15, -0.1) is 0 Å². The summed E-state index contributed by atoms with van der Waals surface area (Å²) in [6.07, 6.45) is 0.925. The Morgan fingerprint density at radius 3 is 2.60 bits per heavy atom. The summed E-state index contributed by atoms with van der Waals surface area (Å²) in [7, 11) is 0. The van der Waals surface area contributed by atoms with Crippen LogP contribution in [-0.2, 0) is 6.42 Å². The van der Waals surface area contributed by atoms with Crippen LogP contribution >= 0.6 is 0 Å². The molecule has 1 rings (SSSR count). The van der Waals surface area contributed by atoms with Gasteiger partial charge in [0.05, 0.1) is 5.69 Å². The van der Waals surface area contributed by atoms with Gasteiger partial charge in [0.15, 0.2) is 0 Å². The molecule has 0 aliphatic rings. The molecule has 10 heavy (non-hydrogen) atoms. The third-order valence-electron chi connectivity index (χ3n) is 1.68. The molecule has 0 aliphatic heterocycles. The quantitative estimate of drug-likeness (QED) is 0.628. The Kier molecular flexibility index (Phi) is 2.06. The van der Waals surface area contributed by atoms with E-state index < -0.39 is 0 Å². The first-order valence-corrected chi connectivity index (χ1v) is 3.46. The molecule has 0 bridgehead atoms. The number of hydrogen-bond donors (Lipinski definition) is 2. The fourth-order valence-electron chi connectivity index (χ4n) is 1.09. The number of nitrogens with two attached hydrogens (primary N) is 1. The zero-order valence-corrected chi connectivity index (χ0v) is 6.44. The number of nitrogens with one attached hydrogen (secondary N) is 1. The number of H-pyrrole nitrogens is 1. The molecule has 1 aromatic heterocycles. The highest BCUT2D eigenvalue weighted by Gasteiger charge is 2.03. The highest BCUT2D eigenvalue weighted by Crippen LogP contribution is 2.08. The molecule has 0 aliphatic carbocycles. The molecular formula is C7H13N3. The Balaban J connectivity index is 2.87. The van der Waals surface area contributed by atoms with E-state index in [9.17, 15) is 0 Å². The predicted octanol–water partition coefficient (Wildman–Crippen LogP) is 0.528. The van der Waals surface area contributed by atoms with E-state index in [-0.39, 0.29) is 0 Å². The van der Waals surface area contributed by atoms with Gasteiger partial charge in [0.25, 0.3) is 0 Å². The summed E-state index contributed by atoms with van der Waals surface area (Å²) < 4.78 is 0. The molecular weight excluding hydrogens is 126 g/mol. The van der Waals surface area contributed by atoms with Crippen LogP contribution in [0.3, 0.4) is 0 Å². The fraction of sp³-hybridized carbons (Fsp3) is 0.571. The van der Waals surface area contributed by atoms with Crippen LogP contribution in [0.2, 0.25) is 0 Å². The molecule has 0 saturated carbocycles. The molecule has 0 radical (unpaired) electrons. The van der Waals surface area contributed by atoms with Crippen LogP contribution in [0.5, 0.6) is 0 Å². The van der Waals surface area contributed by atoms with Crippen LogP contribution in [0.15, 0.2) is 0 Å². The van der Waals surface area contributed by atoms with E-state index in [1.54, 1.807) is 0 Å². The van der Waals surface area contributed by atoms with Gasteiger partial charge in [-0.1, -0.05) is 0 Å². The fourth-order valence-corrected chi connectivity index (χ4v) is 1.09. The highest BCUT2D eigenvalue weighted by molar-refractivity contribution is 5.23. The van der Waals surface area contributed by atoms with Gasteiger partial charge in [-0.25, -0.2) is 0 Å². The van der Waals surface area contributed by atoms with Gasteiger partial charge in [-0.3, -0.25) is 5.10 Å². The lowest BCUT2D eigenvalue weighted by molar-refractivity contribution is 0.949. The monoisotopic (exact) mass is 139 g/mol. The maximum absolute atomic E-state index is 5.42. The number of rotatable bonds is 2. The van der Waals surface area contributed by atoms with Crippen molar-refractivity contribution in [1.29, 1.82) is 0 Å². The number of aromatic nitrogens is 2. The Morgan fingerprint density at radius 1 is 1.50 bits per heavy atom. The van der Waals surface area contributed by atoms with Crippen molar-refractivity contribution in [1.82, 2.24) is 10.2 Å². The van der Waals surface area contributed by atoms with E-state index in [0.29, 0.717) is 6.54 Å². The van der Waals surface area contributed by atoms with Crippen LogP contribution in [0.4, 0.5) is 0 Å². The van der Waals surface area contributed by atoms with Crippen molar-refractivity contribution in [2.24, 2.45) is 5.73 Å². The summed E-state index contributed by atoms with van der Waals surface area (Å²) in [4.78, 5) is 0. The molecule has 0 unspecified atom stereocenters. The molecule has 0 saturated heterocycles. The zero-order valence-electron chi connectivity index (χ0n) is 6.44. The molecule has 56 valence electrons. The lowest BCUT2D eigenvalue weighted by Crippen LogP contribution is -2.03. The van der Waals surface area contributed by atoms with E-state index in [4.69, 9.17) is 5.73 Å². The third kappa shape index (κ3) is 1.19. The Labute approximate surface area is 60.6 Å². The number of aromatic amines is 1. The smallest absolute Gasteiger partial charge is 0.0626 e. The molecule has 3 N–H and O–H groups in total. The van der Waals surface area contributed by atoms with Crippen LogP contribution in [0.1, 0.15) is 17.0 Å². The van der Waals surface area contributed by atoms with E-state index in [1.807, 2.05) is 13.8 Å². The molecule has 0 atom stereocenters. The van der Waals surface area contributed by atoms with Gasteiger partial charge in [0.1, 0.15) is 0 Å². The van der Waals surface area contributed by atoms with Crippen LogP contribution in [0, 0.1) is 13.8 Å². The second-order valence-corrected chi connectivity index (χ2v) is 2.45. The van der Waals surface area contributed by atoms with Crippen LogP contribution < -0.4 is 5.73 Å². The topological polar surface area (TPSA) is 54.7 Å². The molecule has 3 nitrogen and oxygen atoms in total. The molecule has 0 fully saturated rings. The van der Waals surface area contributed by atoms with Crippen molar-refractivity contribution in [3.05, 3.63) is 17.0 Å². The molecule has 1 heterocycles. The Hall–Kier alpha value is -0.830. The average Bonchev–Trinajstić information content (AvgIpc) is 2.20. The van der Waals surface area contributed by atoms with Gasteiger partial charge < -0.3 is 5.73 Å². The second kappa shape index (κ2) is 2.84. The van der Waals surface area contributed by atoms with Gasteiger partial charge in [0, 0.05) is 5.69 Å². The van der Waals surface area contributed by atoms with Crippen LogP contribution in [0.25, 0.3) is 0 Å². The minimum Gasteiger partial charge on any atom is -0.330 e. The van der Waals surface area contributed by atoms with Gasteiger partial charge in [0.2, 0.25) is 0 Å². The van der Waals surface area contributed by atoms with Crippen molar-refractivity contribution in [3.8, 4) is 0 Å². The lowest BCUT2D eigenvalue weighted by atomic mass is 10.1. The standard InChI is InChI=1S/C7H13N3/c1-5-7(3-4-8)6(2)10-9-5/h3-4,8H2,1-2H3,(H,9,10). The van der Waals surface area contributed by atoms with Crippen molar-refractivity contribution in [2.75, 3.05) is 6.54 Å². The first kappa shape index (κ1) is 7.28. The lowest BCUT2D eigenvalue weighted by Gasteiger charge is -1.95. The molecule has 1 aromatic rings. The first-order valence-electron chi connectivity index (χ1n) is 3.46. The van der Waals surface area contributed by atoms with E-state index in [2.05, 4.69) is 10.2 Å². The summed E-state index contributed by atoms with van der Waals surface area (Å²) in [6.45, 7) is 4.71. The molecule has 0 aromatic carbocycles. The third-order valence-corrected chi connectivity index (χ3v) is 1.68. The number of hydrogen-bond acceptors (Lipinski definition) is 2. The first-order chi connectivity index (χ1) is 4.75. The summed E-state index contributed by atoms with van der Waals surface area (Å²) in [5.74, 6) is 0.